The van der Waals surface area contributed by atoms with Gasteiger partial charge in [-0.15, -0.1) is 11.3 Å². The van der Waals surface area contributed by atoms with Crippen LogP contribution in [-0.4, -0.2) is 4.98 Å². The Morgan fingerprint density at radius 3 is 2.67 bits per heavy atom. The minimum absolute atomic E-state index is 1.24. The van der Waals surface area contributed by atoms with Crippen molar-refractivity contribution in [2.45, 2.75) is 13.8 Å². The number of nitrogens with one attached hydrogen (secondary N) is 1. The number of H-pyrrole nitrogens is 1. The van der Waals surface area contributed by atoms with Crippen molar-refractivity contribution in [3.05, 3.63) is 34.8 Å². The van der Waals surface area contributed by atoms with Gasteiger partial charge in [-0.05, 0) is 36.9 Å². The maximum atomic E-state index is 3.36. The summed E-state index contributed by atoms with van der Waals surface area (Å²) in [7, 11) is 0. The Balaban J connectivity index is 2.48. The van der Waals surface area contributed by atoms with Crippen LogP contribution in [0.4, 0.5) is 0 Å². The Bertz CT molecular complexity index is 351. The molecule has 2 aromatic heterocycles. The van der Waals surface area contributed by atoms with Gasteiger partial charge in [-0.25, -0.2) is 0 Å². The van der Waals surface area contributed by atoms with Gasteiger partial charge in [-0.1, -0.05) is 6.07 Å². The monoisotopic (exact) mass is 177 g/mol. The fraction of sp³-hybridized carbons (Fsp3) is 0.200. The number of hydrogen-bond acceptors (Lipinski definition) is 1. The largest absolute Gasteiger partial charge is 0.358 e. The molecule has 62 valence electrons. The molecule has 0 fully saturated rings. The molecular weight excluding hydrogens is 166 g/mol. The second-order valence-electron chi connectivity index (χ2n) is 2.97. The van der Waals surface area contributed by atoms with E-state index in [4.69, 9.17) is 0 Å². The Labute approximate surface area is 76.1 Å². The van der Waals surface area contributed by atoms with E-state index in [1.165, 1.54) is 21.8 Å². The third-order valence-corrected chi connectivity index (χ3v) is 2.96. The zero-order chi connectivity index (χ0) is 8.55. The van der Waals surface area contributed by atoms with Crippen LogP contribution in [-0.2, 0) is 0 Å². The summed E-state index contributed by atoms with van der Waals surface area (Å²) < 4.78 is 0. The molecule has 2 aromatic rings. The van der Waals surface area contributed by atoms with Gasteiger partial charge in [0.15, 0.2) is 0 Å². The molecule has 0 aliphatic carbocycles. The van der Waals surface area contributed by atoms with Crippen molar-refractivity contribution in [1.29, 1.82) is 0 Å². The normalized spacial score (nSPS) is 10.5. The van der Waals surface area contributed by atoms with Gasteiger partial charge >= 0.3 is 0 Å². The lowest BCUT2D eigenvalue weighted by Crippen LogP contribution is -1.72. The van der Waals surface area contributed by atoms with Crippen molar-refractivity contribution in [2.24, 2.45) is 0 Å². The molecule has 0 aliphatic rings. The number of aromatic amines is 1. The minimum atomic E-state index is 1.24. The molecule has 2 heterocycles. The first-order valence-electron chi connectivity index (χ1n) is 3.97. The van der Waals surface area contributed by atoms with Gasteiger partial charge < -0.3 is 4.98 Å². The lowest BCUT2D eigenvalue weighted by molar-refractivity contribution is 1.23. The third-order valence-electron chi connectivity index (χ3n) is 2.06. The van der Waals surface area contributed by atoms with Crippen LogP contribution >= 0.6 is 11.3 Å². The van der Waals surface area contributed by atoms with E-state index in [1.807, 2.05) is 0 Å². The summed E-state index contributed by atoms with van der Waals surface area (Å²) >= 11 is 1.77. The quantitative estimate of drug-likeness (QED) is 0.687. The highest BCUT2D eigenvalue weighted by Crippen LogP contribution is 2.25. The molecule has 0 radical (unpaired) electrons. The lowest BCUT2D eigenvalue weighted by Gasteiger charge is -1.88. The fourth-order valence-electron chi connectivity index (χ4n) is 1.23. The van der Waals surface area contributed by atoms with Crippen LogP contribution in [0.25, 0.3) is 10.6 Å². The summed E-state index contributed by atoms with van der Waals surface area (Å²) in [4.78, 5) is 4.67. The summed E-state index contributed by atoms with van der Waals surface area (Å²) in [6.45, 7) is 4.23. The average molecular weight is 177 g/mol. The van der Waals surface area contributed by atoms with Gasteiger partial charge in [0, 0.05) is 5.69 Å². The molecule has 0 aliphatic heterocycles. The molecule has 2 heteroatoms. The van der Waals surface area contributed by atoms with E-state index in [0.29, 0.717) is 0 Å². The molecule has 0 unspecified atom stereocenters. The van der Waals surface area contributed by atoms with Crippen molar-refractivity contribution in [2.75, 3.05) is 0 Å². The van der Waals surface area contributed by atoms with Gasteiger partial charge in [0.05, 0.1) is 10.6 Å². The first-order valence-corrected chi connectivity index (χ1v) is 4.85. The Kier molecular flexibility index (Phi) is 1.77. The molecule has 0 saturated heterocycles. The van der Waals surface area contributed by atoms with Gasteiger partial charge in [0.25, 0.3) is 0 Å². The molecule has 0 amide bonds. The number of aryl methyl sites for hydroxylation is 2. The van der Waals surface area contributed by atoms with E-state index in [2.05, 4.69) is 42.4 Å². The van der Waals surface area contributed by atoms with Gasteiger partial charge in [-0.2, -0.15) is 0 Å². The van der Waals surface area contributed by atoms with E-state index < -0.39 is 0 Å². The predicted octanol–water partition coefficient (Wildman–Crippen LogP) is 3.36. The van der Waals surface area contributed by atoms with Crippen LogP contribution in [0.5, 0.6) is 0 Å². The Morgan fingerprint density at radius 2 is 2.17 bits per heavy atom. The molecule has 12 heavy (non-hydrogen) atoms. The van der Waals surface area contributed by atoms with E-state index in [1.54, 1.807) is 11.3 Å². The van der Waals surface area contributed by atoms with Gasteiger partial charge in [0.2, 0.25) is 0 Å². The average Bonchev–Trinajstić information content (AvgIpc) is 2.61. The van der Waals surface area contributed by atoms with Crippen LogP contribution in [0.3, 0.4) is 0 Å². The van der Waals surface area contributed by atoms with Gasteiger partial charge in [0.1, 0.15) is 0 Å². The van der Waals surface area contributed by atoms with Crippen molar-refractivity contribution in [3.63, 3.8) is 0 Å². The first kappa shape index (κ1) is 7.62. The van der Waals surface area contributed by atoms with Crippen LogP contribution in [0.1, 0.15) is 11.3 Å². The third kappa shape index (κ3) is 1.18. The smallest absolute Gasteiger partial charge is 0.0560 e. The zero-order valence-corrected chi connectivity index (χ0v) is 8.03. The van der Waals surface area contributed by atoms with Crippen LogP contribution in [0.2, 0.25) is 0 Å². The van der Waals surface area contributed by atoms with Crippen LogP contribution in [0.15, 0.2) is 23.6 Å². The van der Waals surface area contributed by atoms with Crippen molar-refractivity contribution in [1.82, 2.24) is 4.98 Å². The van der Waals surface area contributed by atoms with E-state index in [9.17, 15) is 0 Å². The van der Waals surface area contributed by atoms with E-state index in [-0.39, 0.29) is 0 Å². The first-order chi connectivity index (χ1) is 5.77. The summed E-state index contributed by atoms with van der Waals surface area (Å²) in [6, 6.07) is 6.40. The SMILES string of the molecule is Cc1cc(-c2cccs2)[nH]c1C. The lowest BCUT2D eigenvalue weighted by atomic mass is 10.3. The minimum Gasteiger partial charge on any atom is -0.358 e. The van der Waals surface area contributed by atoms with Crippen molar-refractivity contribution >= 4 is 11.3 Å². The van der Waals surface area contributed by atoms with E-state index >= 15 is 0 Å². The van der Waals surface area contributed by atoms with Crippen molar-refractivity contribution in [3.8, 4) is 10.6 Å². The number of hydrogen-bond donors (Lipinski definition) is 1. The second-order valence-corrected chi connectivity index (χ2v) is 3.92. The number of rotatable bonds is 1. The number of aromatic nitrogens is 1. The zero-order valence-electron chi connectivity index (χ0n) is 7.22. The van der Waals surface area contributed by atoms with Crippen LogP contribution < -0.4 is 0 Å². The highest BCUT2D eigenvalue weighted by molar-refractivity contribution is 7.13. The summed E-state index contributed by atoms with van der Waals surface area (Å²) in [6.07, 6.45) is 0. The summed E-state index contributed by atoms with van der Waals surface area (Å²) in [5, 5.41) is 2.10. The standard InChI is InChI=1S/C10H11NS/c1-7-6-9(11-8(7)2)10-4-3-5-12-10/h3-6,11H,1-2H3. The molecule has 0 bridgehead atoms. The number of thiophene rings is 1. The molecule has 0 spiro atoms. The molecule has 2 rings (SSSR count). The van der Waals surface area contributed by atoms with Crippen molar-refractivity contribution < 1.29 is 0 Å². The Hall–Kier alpha value is -1.02. The topological polar surface area (TPSA) is 15.8 Å². The maximum absolute atomic E-state index is 3.36. The summed E-state index contributed by atoms with van der Waals surface area (Å²) in [5.74, 6) is 0. The molecule has 0 aromatic carbocycles. The van der Waals surface area contributed by atoms with Gasteiger partial charge in [-0.3, -0.25) is 0 Å². The van der Waals surface area contributed by atoms with Crippen LogP contribution in [0, 0.1) is 13.8 Å². The molecule has 1 N–H and O–H groups in total. The maximum Gasteiger partial charge on any atom is 0.0560 e. The summed E-state index contributed by atoms with van der Waals surface area (Å²) in [5.41, 5.74) is 3.83. The highest BCUT2D eigenvalue weighted by Gasteiger charge is 2.02. The molecular formula is C10H11NS. The fourth-order valence-corrected chi connectivity index (χ4v) is 1.92. The highest BCUT2D eigenvalue weighted by atomic mass is 32.1. The Morgan fingerprint density at radius 1 is 1.33 bits per heavy atom. The van der Waals surface area contributed by atoms with E-state index in [0.717, 1.165) is 0 Å². The molecule has 1 nitrogen and oxygen atoms in total. The molecule has 0 saturated carbocycles. The second kappa shape index (κ2) is 2.79. The molecule has 0 atom stereocenters. The predicted molar refractivity (Wildman–Crippen MR) is 53.6 cm³/mol.